The molecule has 0 aromatic heterocycles. The quantitative estimate of drug-likeness (QED) is 0.289. The maximum Gasteiger partial charge on any atom is 0.195 e. The van der Waals surface area contributed by atoms with E-state index in [9.17, 15) is 4.79 Å². The van der Waals surface area contributed by atoms with Gasteiger partial charge in [0, 0.05) is 24.0 Å². The van der Waals surface area contributed by atoms with Gasteiger partial charge in [-0.25, -0.2) is 0 Å². The van der Waals surface area contributed by atoms with Gasteiger partial charge in [0.2, 0.25) is 0 Å². The largest absolute Gasteiger partial charge is 0.289 e. The molecule has 0 bridgehead atoms. The molecule has 1 nitrogen and oxygen atoms in total. The summed E-state index contributed by atoms with van der Waals surface area (Å²) in [6.45, 7) is 2.06. The summed E-state index contributed by atoms with van der Waals surface area (Å²) in [4.78, 5) is 13.7. The normalized spacial score (nSPS) is 13.1. The van der Waals surface area contributed by atoms with Crippen LogP contribution in [0.5, 0.6) is 0 Å². The van der Waals surface area contributed by atoms with Gasteiger partial charge in [0.05, 0.1) is 0 Å². The summed E-state index contributed by atoms with van der Waals surface area (Å²) in [5.41, 5.74) is 8.98. The van der Waals surface area contributed by atoms with Crippen LogP contribution in [0.25, 0.3) is 16.7 Å². The summed E-state index contributed by atoms with van der Waals surface area (Å²) < 4.78 is 0. The Kier molecular flexibility index (Phi) is 6.55. The van der Waals surface area contributed by atoms with Crippen molar-refractivity contribution in [3.63, 3.8) is 0 Å². The molecular formula is C34H26O. The molecule has 0 saturated carbocycles. The highest BCUT2D eigenvalue weighted by atomic mass is 16.1. The van der Waals surface area contributed by atoms with Gasteiger partial charge in [0.15, 0.2) is 5.78 Å². The molecule has 0 N–H and O–H groups in total. The average Bonchev–Trinajstić information content (AvgIpc) is 3.18. The highest BCUT2D eigenvalue weighted by Crippen LogP contribution is 2.44. The number of rotatable bonds is 5. The standard InChI is InChI=1S/C34H26O/c1-25-31(30-23-21-27(22-24-30)16-12-11-15-26-13-5-2-6-14-26)33(29-19-9-4-10-20-29)34(35)32(25)28-17-7-3-8-18-28/h2-10,13-14,17-24H,15-16H2,1H3. The first-order valence-electron chi connectivity index (χ1n) is 11.9. The maximum absolute atomic E-state index is 13.7. The van der Waals surface area contributed by atoms with Crippen molar-refractivity contribution < 1.29 is 4.79 Å². The number of ketones is 1. The van der Waals surface area contributed by atoms with E-state index in [4.69, 9.17) is 0 Å². The number of carbonyl (C=O) groups excluding carboxylic acids is 1. The van der Waals surface area contributed by atoms with Crippen LogP contribution in [0.1, 0.15) is 34.7 Å². The molecule has 0 amide bonds. The van der Waals surface area contributed by atoms with Gasteiger partial charge in [-0.05, 0) is 45.9 Å². The molecule has 0 heterocycles. The second kappa shape index (κ2) is 10.2. The Labute approximate surface area is 207 Å². The van der Waals surface area contributed by atoms with E-state index in [0.29, 0.717) is 6.42 Å². The summed E-state index contributed by atoms with van der Waals surface area (Å²) >= 11 is 0. The Morgan fingerprint density at radius 1 is 0.486 bits per heavy atom. The van der Waals surface area contributed by atoms with Gasteiger partial charge in [-0.3, -0.25) is 4.79 Å². The third kappa shape index (κ3) is 4.79. The lowest BCUT2D eigenvalue weighted by atomic mass is 9.93. The summed E-state index contributed by atoms with van der Waals surface area (Å²) in [6.07, 6.45) is 1.47. The maximum atomic E-state index is 13.7. The summed E-state index contributed by atoms with van der Waals surface area (Å²) in [5.74, 6) is 6.66. The molecule has 0 saturated heterocycles. The number of Topliss-reactive ketones (excluding diaryl/α,β-unsaturated/α-hetero) is 1. The molecule has 4 aromatic rings. The number of benzene rings is 4. The van der Waals surface area contributed by atoms with Crippen molar-refractivity contribution in [2.75, 3.05) is 0 Å². The highest BCUT2D eigenvalue weighted by molar-refractivity contribution is 6.52. The van der Waals surface area contributed by atoms with Crippen LogP contribution < -0.4 is 0 Å². The second-order valence-electron chi connectivity index (χ2n) is 8.70. The van der Waals surface area contributed by atoms with Crippen molar-refractivity contribution in [2.45, 2.75) is 19.8 Å². The lowest BCUT2D eigenvalue weighted by Crippen LogP contribution is -2.01. The Bertz CT molecular complexity index is 1460. The fraction of sp³-hybridized carbons (Fsp3) is 0.0882. The van der Waals surface area contributed by atoms with Crippen LogP contribution in [-0.4, -0.2) is 5.78 Å². The van der Waals surface area contributed by atoms with Gasteiger partial charge in [0.1, 0.15) is 0 Å². The molecular weight excluding hydrogens is 424 g/mol. The first-order valence-corrected chi connectivity index (χ1v) is 11.9. The van der Waals surface area contributed by atoms with Crippen molar-refractivity contribution in [1.82, 2.24) is 0 Å². The molecule has 0 aliphatic heterocycles. The van der Waals surface area contributed by atoms with Gasteiger partial charge < -0.3 is 0 Å². The fourth-order valence-corrected chi connectivity index (χ4v) is 4.63. The van der Waals surface area contributed by atoms with Crippen molar-refractivity contribution >= 4 is 22.5 Å². The van der Waals surface area contributed by atoms with E-state index in [0.717, 1.165) is 45.4 Å². The zero-order chi connectivity index (χ0) is 24.0. The van der Waals surface area contributed by atoms with Crippen LogP contribution in [0.15, 0.2) is 121 Å². The Hall–Kier alpha value is -4.41. The van der Waals surface area contributed by atoms with Crippen molar-refractivity contribution in [3.05, 3.63) is 149 Å². The number of hydrogen-bond acceptors (Lipinski definition) is 1. The van der Waals surface area contributed by atoms with E-state index in [1.807, 2.05) is 78.9 Å². The minimum absolute atomic E-state index is 0.0887. The third-order valence-corrected chi connectivity index (χ3v) is 6.37. The van der Waals surface area contributed by atoms with Crippen molar-refractivity contribution in [2.24, 2.45) is 0 Å². The molecule has 1 heteroatoms. The van der Waals surface area contributed by atoms with E-state index in [2.05, 4.69) is 55.2 Å². The molecule has 4 aromatic carbocycles. The van der Waals surface area contributed by atoms with Crippen LogP contribution in [0, 0.1) is 11.8 Å². The summed E-state index contributed by atoms with van der Waals surface area (Å²) in [6, 6.07) is 38.8. The van der Waals surface area contributed by atoms with E-state index < -0.39 is 0 Å². The molecule has 0 spiro atoms. The number of carbonyl (C=O) groups is 1. The molecule has 35 heavy (non-hydrogen) atoms. The molecule has 1 aliphatic carbocycles. The molecule has 0 atom stereocenters. The summed E-state index contributed by atoms with van der Waals surface area (Å²) in [5, 5.41) is 0. The molecule has 0 radical (unpaired) electrons. The predicted octanol–water partition coefficient (Wildman–Crippen LogP) is 7.44. The number of hydrogen-bond donors (Lipinski definition) is 0. The van der Waals surface area contributed by atoms with E-state index in [-0.39, 0.29) is 5.78 Å². The Morgan fingerprint density at radius 3 is 1.46 bits per heavy atom. The third-order valence-electron chi connectivity index (χ3n) is 6.37. The number of allylic oxidation sites excluding steroid dienone is 4. The van der Waals surface area contributed by atoms with E-state index in [1.54, 1.807) is 0 Å². The first-order chi connectivity index (χ1) is 17.2. The minimum Gasteiger partial charge on any atom is -0.289 e. The van der Waals surface area contributed by atoms with Gasteiger partial charge in [-0.15, -0.1) is 0 Å². The van der Waals surface area contributed by atoms with Gasteiger partial charge in [-0.1, -0.05) is 127 Å². The summed E-state index contributed by atoms with van der Waals surface area (Å²) in [7, 11) is 0. The highest BCUT2D eigenvalue weighted by Gasteiger charge is 2.32. The molecule has 5 rings (SSSR count). The Balaban J connectivity index is 1.46. The molecule has 0 fully saturated rings. The van der Waals surface area contributed by atoms with Gasteiger partial charge in [-0.2, -0.15) is 0 Å². The molecule has 0 unspecified atom stereocenters. The van der Waals surface area contributed by atoms with Crippen LogP contribution in [-0.2, 0) is 17.6 Å². The predicted molar refractivity (Wildman–Crippen MR) is 145 cm³/mol. The zero-order valence-electron chi connectivity index (χ0n) is 19.8. The van der Waals surface area contributed by atoms with Crippen LogP contribution in [0.3, 0.4) is 0 Å². The van der Waals surface area contributed by atoms with E-state index >= 15 is 0 Å². The van der Waals surface area contributed by atoms with Crippen LogP contribution in [0.2, 0.25) is 0 Å². The average molecular weight is 451 g/mol. The SMILES string of the molecule is CC1=C(c2ccccc2)C(=O)C(c2ccccc2)=C1c1ccc(CC#CCc2ccccc2)cc1. The Morgan fingerprint density at radius 2 is 0.914 bits per heavy atom. The van der Waals surface area contributed by atoms with Crippen molar-refractivity contribution in [1.29, 1.82) is 0 Å². The molecule has 1 aliphatic rings. The van der Waals surface area contributed by atoms with Crippen LogP contribution >= 0.6 is 0 Å². The van der Waals surface area contributed by atoms with Gasteiger partial charge in [0.25, 0.3) is 0 Å². The minimum atomic E-state index is 0.0887. The second-order valence-corrected chi connectivity index (χ2v) is 8.70. The lowest BCUT2D eigenvalue weighted by molar-refractivity contribution is -0.108. The first kappa shape index (κ1) is 22.4. The van der Waals surface area contributed by atoms with Crippen LogP contribution in [0.4, 0.5) is 0 Å². The fourth-order valence-electron chi connectivity index (χ4n) is 4.63. The van der Waals surface area contributed by atoms with Gasteiger partial charge >= 0.3 is 0 Å². The monoisotopic (exact) mass is 450 g/mol. The topological polar surface area (TPSA) is 17.1 Å². The zero-order valence-corrected chi connectivity index (χ0v) is 19.8. The molecule has 168 valence electrons. The lowest BCUT2D eigenvalue weighted by Gasteiger charge is -2.10. The smallest absolute Gasteiger partial charge is 0.195 e. The van der Waals surface area contributed by atoms with E-state index in [1.165, 1.54) is 11.1 Å². The van der Waals surface area contributed by atoms with Crippen molar-refractivity contribution in [3.8, 4) is 11.8 Å².